The zero-order chi connectivity index (χ0) is 24.8. The molecule has 1 unspecified atom stereocenters. The minimum Gasteiger partial charge on any atom is -0.459 e. The van der Waals surface area contributed by atoms with Crippen LogP contribution in [0.5, 0.6) is 0 Å². The normalized spacial score (nSPS) is 18.7. The monoisotopic (exact) mass is 476 g/mol. The summed E-state index contributed by atoms with van der Waals surface area (Å²) < 4.78 is 35.5. The van der Waals surface area contributed by atoms with Crippen molar-refractivity contribution in [1.82, 2.24) is 0 Å². The largest absolute Gasteiger partial charge is 0.459 e. The van der Waals surface area contributed by atoms with Crippen molar-refractivity contribution in [3.8, 4) is 11.1 Å². The summed E-state index contributed by atoms with van der Waals surface area (Å²) in [5.74, 6) is -0.686. The molecule has 1 fully saturated rings. The van der Waals surface area contributed by atoms with Crippen LogP contribution in [0.1, 0.15) is 79.8 Å². The molecular formula is C31H34F2O2. The lowest BCUT2D eigenvalue weighted by Gasteiger charge is -2.28. The van der Waals surface area contributed by atoms with Crippen molar-refractivity contribution in [3.05, 3.63) is 95.1 Å². The maximum atomic E-state index is 14.9. The molecule has 3 aromatic rings. The standard InChI is InChI=1S/C31H34F2O2/c1-3-7-22-10-16-27(17-11-22)35-31(34)25-14-12-24(13-15-25)26-19-29(32)28(30(33)20-26)18-21(2)23-8-5-4-6-9-23/h4-6,8-9,12-15,19-22,27H,3,7,10-11,16-18H2,1-2H3. The van der Waals surface area contributed by atoms with Crippen LogP contribution in [0, 0.1) is 17.6 Å². The van der Waals surface area contributed by atoms with Crippen LogP contribution in [-0.2, 0) is 11.2 Å². The van der Waals surface area contributed by atoms with Gasteiger partial charge in [0.05, 0.1) is 5.56 Å². The molecule has 0 spiro atoms. The fourth-order valence-electron chi connectivity index (χ4n) is 5.14. The van der Waals surface area contributed by atoms with Crippen LogP contribution in [-0.4, -0.2) is 12.1 Å². The number of carbonyl (C=O) groups excluding carboxylic acids is 1. The smallest absolute Gasteiger partial charge is 0.338 e. The van der Waals surface area contributed by atoms with Gasteiger partial charge >= 0.3 is 5.97 Å². The molecule has 4 rings (SSSR count). The van der Waals surface area contributed by atoms with Gasteiger partial charge in [-0.3, -0.25) is 0 Å². The molecule has 0 saturated heterocycles. The van der Waals surface area contributed by atoms with Crippen LogP contribution < -0.4 is 0 Å². The van der Waals surface area contributed by atoms with E-state index in [1.807, 2.05) is 37.3 Å². The van der Waals surface area contributed by atoms with Crippen LogP contribution in [0.25, 0.3) is 11.1 Å². The first-order chi connectivity index (χ1) is 16.9. The number of ether oxygens (including phenoxy) is 1. The Kier molecular flexibility index (Phi) is 8.33. The summed E-state index contributed by atoms with van der Waals surface area (Å²) in [6.07, 6.45) is 6.77. The fourth-order valence-corrected chi connectivity index (χ4v) is 5.14. The van der Waals surface area contributed by atoms with E-state index in [4.69, 9.17) is 4.74 Å². The van der Waals surface area contributed by atoms with Gasteiger partial charge in [0.15, 0.2) is 0 Å². The zero-order valence-corrected chi connectivity index (χ0v) is 20.6. The number of rotatable bonds is 8. The minimum absolute atomic E-state index is 0.00181. The average molecular weight is 477 g/mol. The highest BCUT2D eigenvalue weighted by atomic mass is 19.1. The van der Waals surface area contributed by atoms with Crippen LogP contribution in [0.4, 0.5) is 8.78 Å². The first kappa shape index (κ1) is 25.1. The maximum absolute atomic E-state index is 14.9. The number of hydrogen-bond donors (Lipinski definition) is 0. The molecule has 0 radical (unpaired) electrons. The molecule has 0 amide bonds. The number of carbonyl (C=O) groups is 1. The van der Waals surface area contributed by atoms with E-state index >= 15 is 0 Å². The molecule has 2 nitrogen and oxygen atoms in total. The Bertz CT molecular complexity index is 1090. The highest BCUT2D eigenvalue weighted by Gasteiger charge is 2.24. The van der Waals surface area contributed by atoms with Gasteiger partial charge in [-0.05, 0) is 84.9 Å². The van der Waals surface area contributed by atoms with E-state index in [1.54, 1.807) is 24.3 Å². The first-order valence-corrected chi connectivity index (χ1v) is 12.8. The number of esters is 1. The van der Waals surface area contributed by atoms with Crippen molar-refractivity contribution in [2.24, 2.45) is 5.92 Å². The summed E-state index contributed by atoms with van der Waals surface area (Å²) in [6, 6.07) is 19.2. The SMILES string of the molecule is CCCC1CCC(OC(=O)c2ccc(-c3cc(F)c(CC(C)c4ccccc4)c(F)c3)cc2)CC1. The van der Waals surface area contributed by atoms with Gasteiger partial charge in [0.1, 0.15) is 17.7 Å². The number of halogens is 2. The second-order valence-electron chi connectivity index (χ2n) is 9.85. The topological polar surface area (TPSA) is 26.3 Å². The molecule has 1 aliphatic carbocycles. The van der Waals surface area contributed by atoms with E-state index in [9.17, 15) is 13.6 Å². The van der Waals surface area contributed by atoms with Gasteiger partial charge in [-0.25, -0.2) is 13.6 Å². The number of benzene rings is 3. The lowest BCUT2D eigenvalue weighted by atomic mass is 9.85. The van der Waals surface area contributed by atoms with Crippen molar-refractivity contribution < 1.29 is 18.3 Å². The Hall–Kier alpha value is -3.01. The van der Waals surface area contributed by atoms with Crippen LogP contribution in [0.2, 0.25) is 0 Å². The van der Waals surface area contributed by atoms with Gasteiger partial charge < -0.3 is 4.74 Å². The first-order valence-electron chi connectivity index (χ1n) is 12.8. The molecular weight excluding hydrogens is 442 g/mol. The third-order valence-corrected chi connectivity index (χ3v) is 7.24. The summed E-state index contributed by atoms with van der Waals surface area (Å²) in [5.41, 5.74) is 2.71. The molecule has 0 N–H and O–H groups in total. The third-order valence-electron chi connectivity index (χ3n) is 7.24. The van der Waals surface area contributed by atoms with Gasteiger partial charge in [-0.15, -0.1) is 0 Å². The fraction of sp³-hybridized carbons (Fsp3) is 0.387. The minimum atomic E-state index is -0.551. The molecule has 0 heterocycles. The molecule has 4 heteroatoms. The van der Waals surface area contributed by atoms with Crippen LogP contribution >= 0.6 is 0 Å². The van der Waals surface area contributed by atoms with Gasteiger partial charge in [-0.1, -0.05) is 69.2 Å². The Labute approximate surface area is 207 Å². The maximum Gasteiger partial charge on any atom is 0.338 e. The van der Waals surface area contributed by atoms with Crippen molar-refractivity contribution in [2.75, 3.05) is 0 Å². The highest BCUT2D eigenvalue weighted by molar-refractivity contribution is 5.90. The Balaban J connectivity index is 1.40. The van der Waals surface area contributed by atoms with Crippen molar-refractivity contribution in [2.45, 2.75) is 70.8 Å². The van der Waals surface area contributed by atoms with Crippen molar-refractivity contribution in [3.63, 3.8) is 0 Å². The zero-order valence-electron chi connectivity index (χ0n) is 20.6. The van der Waals surface area contributed by atoms with E-state index < -0.39 is 11.6 Å². The predicted octanol–water partition coefficient (Wildman–Crippen LogP) is 8.49. The van der Waals surface area contributed by atoms with E-state index in [1.165, 1.54) is 25.0 Å². The van der Waals surface area contributed by atoms with Crippen LogP contribution in [0.15, 0.2) is 66.7 Å². The average Bonchev–Trinajstić information content (AvgIpc) is 2.88. The summed E-state index contributed by atoms with van der Waals surface area (Å²) in [4.78, 5) is 12.6. The highest BCUT2D eigenvalue weighted by Crippen LogP contribution is 2.31. The summed E-state index contributed by atoms with van der Waals surface area (Å²) in [6.45, 7) is 4.18. The Morgan fingerprint density at radius 2 is 1.54 bits per heavy atom. The molecule has 0 aliphatic heterocycles. The lowest BCUT2D eigenvalue weighted by molar-refractivity contribution is 0.0161. The quantitative estimate of drug-likeness (QED) is 0.305. The molecule has 35 heavy (non-hydrogen) atoms. The number of hydrogen-bond acceptors (Lipinski definition) is 2. The van der Waals surface area contributed by atoms with E-state index in [-0.39, 0.29) is 30.0 Å². The van der Waals surface area contributed by atoms with E-state index in [0.717, 1.165) is 37.2 Å². The lowest BCUT2D eigenvalue weighted by Crippen LogP contribution is -2.24. The van der Waals surface area contributed by atoms with Gasteiger partial charge in [0, 0.05) is 5.56 Å². The molecule has 0 aromatic heterocycles. The van der Waals surface area contributed by atoms with Crippen LogP contribution in [0.3, 0.4) is 0 Å². The van der Waals surface area contributed by atoms with Gasteiger partial charge in [-0.2, -0.15) is 0 Å². The summed E-state index contributed by atoms with van der Waals surface area (Å²) in [5, 5.41) is 0. The summed E-state index contributed by atoms with van der Waals surface area (Å²) >= 11 is 0. The molecule has 1 atom stereocenters. The van der Waals surface area contributed by atoms with Crippen molar-refractivity contribution in [1.29, 1.82) is 0 Å². The second kappa shape index (κ2) is 11.6. The molecule has 1 aliphatic rings. The van der Waals surface area contributed by atoms with E-state index in [0.29, 0.717) is 16.7 Å². The van der Waals surface area contributed by atoms with Gasteiger partial charge in [0.2, 0.25) is 0 Å². The molecule has 3 aromatic carbocycles. The third kappa shape index (κ3) is 6.36. The van der Waals surface area contributed by atoms with E-state index in [2.05, 4.69) is 6.92 Å². The van der Waals surface area contributed by atoms with Crippen molar-refractivity contribution >= 4 is 5.97 Å². The Morgan fingerprint density at radius 3 is 2.14 bits per heavy atom. The Morgan fingerprint density at radius 1 is 0.914 bits per heavy atom. The molecule has 184 valence electrons. The summed E-state index contributed by atoms with van der Waals surface area (Å²) in [7, 11) is 0. The second-order valence-corrected chi connectivity index (χ2v) is 9.85. The predicted molar refractivity (Wildman–Crippen MR) is 136 cm³/mol. The molecule has 1 saturated carbocycles. The van der Waals surface area contributed by atoms with Gasteiger partial charge in [0.25, 0.3) is 0 Å². The molecule has 0 bridgehead atoms.